The Balaban J connectivity index is 0.00000161. The molecule has 21 heavy (non-hydrogen) atoms. The number of nitrogens with zero attached hydrogens (tertiary/aromatic N) is 1. The van der Waals surface area contributed by atoms with Crippen molar-refractivity contribution in [3.63, 3.8) is 0 Å². The predicted molar refractivity (Wildman–Crippen MR) is 85.7 cm³/mol. The van der Waals surface area contributed by atoms with Gasteiger partial charge >= 0.3 is 0 Å². The Bertz CT molecular complexity index is 707. The highest BCUT2D eigenvalue weighted by molar-refractivity contribution is 5.85. The Morgan fingerprint density at radius 1 is 1.00 bits per heavy atom. The van der Waals surface area contributed by atoms with E-state index in [-0.39, 0.29) is 12.4 Å². The molecule has 1 heterocycles. The van der Waals surface area contributed by atoms with Crippen LogP contribution in [0, 0.1) is 0 Å². The van der Waals surface area contributed by atoms with Crippen LogP contribution in [0.3, 0.4) is 0 Å². The summed E-state index contributed by atoms with van der Waals surface area (Å²) < 4.78 is 10.6. The van der Waals surface area contributed by atoms with Gasteiger partial charge in [-0.05, 0) is 29.8 Å². The summed E-state index contributed by atoms with van der Waals surface area (Å²) in [5.41, 5.74) is 3.17. The van der Waals surface area contributed by atoms with E-state index in [1.165, 1.54) is 0 Å². The SMILES string of the molecule is COc1ccc(Cc2nc3ccccc3[nH]2)cc1OC.Cl. The van der Waals surface area contributed by atoms with Crippen molar-refractivity contribution in [2.45, 2.75) is 6.42 Å². The molecule has 0 amide bonds. The number of aromatic amines is 1. The molecule has 0 spiro atoms. The fraction of sp³-hybridized carbons (Fsp3) is 0.188. The monoisotopic (exact) mass is 304 g/mol. The van der Waals surface area contributed by atoms with Crippen molar-refractivity contribution in [3.8, 4) is 11.5 Å². The second-order valence-corrected chi connectivity index (χ2v) is 4.57. The Morgan fingerprint density at radius 3 is 2.48 bits per heavy atom. The van der Waals surface area contributed by atoms with Crippen LogP contribution in [0.2, 0.25) is 0 Å². The van der Waals surface area contributed by atoms with Crippen LogP contribution in [0.25, 0.3) is 11.0 Å². The van der Waals surface area contributed by atoms with E-state index in [1.807, 2.05) is 42.5 Å². The van der Waals surface area contributed by atoms with Crippen LogP contribution >= 0.6 is 12.4 Å². The quantitative estimate of drug-likeness (QED) is 0.801. The molecule has 4 nitrogen and oxygen atoms in total. The van der Waals surface area contributed by atoms with Gasteiger partial charge < -0.3 is 14.5 Å². The first kappa shape index (κ1) is 15.2. The van der Waals surface area contributed by atoms with Crippen LogP contribution in [0.1, 0.15) is 11.4 Å². The number of fused-ring (bicyclic) bond motifs is 1. The van der Waals surface area contributed by atoms with Crippen LogP contribution in [-0.2, 0) is 6.42 Å². The fourth-order valence-electron chi connectivity index (χ4n) is 2.27. The van der Waals surface area contributed by atoms with Gasteiger partial charge in [-0.15, -0.1) is 12.4 Å². The molecular formula is C16H17ClN2O2. The molecule has 0 unspecified atom stereocenters. The number of halogens is 1. The second kappa shape index (κ2) is 6.50. The Kier molecular flexibility index (Phi) is 4.70. The van der Waals surface area contributed by atoms with Gasteiger partial charge in [0.25, 0.3) is 0 Å². The van der Waals surface area contributed by atoms with Gasteiger partial charge in [-0.25, -0.2) is 4.98 Å². The number of hydrogen-bond acceptors (Lipinski definition) is 3. The zero-order valence-electron chi connectivity index (χ0n) is 11.9. The van der Waals surface area contributed by atoms with E-state index < -0.39 is 0 Å². The molecule has 5 heteroatoms. The Hall–Kier alpha value is -2.20. The average molecular weight is 305 g/mol. The number of nitrogens with one attached hydrogen (secondary N) is 1. The number of rotatable bonds is 4. The van der Waals surface area contributed by atoms with Crippen molar-refractivity contribution in [3.05, 3.63) is 53.9 Å². The molecular weight excluding hydrogens is 288 g/mol. The molecule has 0 radical (unpaired) electrons. The minimum Gasteiger partial charge on any atom is -0.493 e. The Labute approximate surface area is 129 Å². The van der Waals surface area contributed by atoms with E-state index in [2.05, 4.69) is 9.97 Å². The zero-order chi connectivity index (χ0) is 13.9. The van der Waals surface area contributed by atoms with Gasteiger partial charge in [0.2, 0.25) is 0 Å². The lowest BCUT2D eigenvalue weighted by Crippen LogP contribution is -1.94. The summed E-state index contributed by atoms with van der Waals surface area (Å²) in [4.78, 5) is 7.91. The molecule has 0 atom stereocenters. The summed E-state index contributed by atoms with van der Waals surface area (Å²) >= 11 is 0. The third-order valence-corrected chi connectivity index (χ3v) is 3.26. The lowest BCUT2D eigenvalue weighted by molar-refractivity contribution is 0.354. The molecule has 0 saturated carbocycles. The third kappa shape index (κ3) is 3.11. The van der Waals surface area contributed by atoms with Gasteiger partial charge in [0.05, 0.1) is 25.3 Å². The molecule has 0 saturated heterocycles. The molecule has 2 aromatic carbocycles. The second-order valence-electron chi connectivity index (χ2n) is 4.57. The summed E-state index contributed by atoms with van der Waals surface area (Å²) in [5, 5.41) is 0. The molecule has 110 valence electrons. The molecule has 0 bridgehead atoms. The van der Waals surface area contributed by atoms with Crippen molar-refractivity contribution < 1.29 is 9.47 Å². The first-order valence-corrected chi connectivity index (χ1v) is 6.44. The van der Waals surface area contributed by atoms with E-state index in [1.54, 1.807) is 14.2 Å². The largest absolute Gasteiger partial charge is 0.493 e. The Morgan fingerprint density at radius 2 is 1.76 bits per heavy atom. The van der Waals surface area contributed by atoms with Gasteiger partial charge in [-0.1, -0.05) is 18.2 Å². The van der Waals surface area contributed by atoms with E-state index in [4.69, 9.17) is 9.47 Å². The van der Waals surface area contributed by atoms with Gasteiger partial charge in [0.1, 0.15) is 5.82 Å². The number of H-pyrrole nitrogens is 1. The van der Waals surface area contributed by atoms with Crippen molar-refractivity contribution >= 4 is 23.4 Å². The average Bonchev–Trinajstić information content (AvgIpc) is 2.89. The zero-order valence-corrected chi connectivity index (χ0v) is 12.7. The lowest BCUT2D eigenvalue weighted by atomic mass is 10.1. The summed E-state index contributed by atoms with van der Waals surface area (Å²) in [6.07, 6.45) is 0.731. The molecule has 0 aliphatic rings. The van der Waals surface area contributed by atoms with E-state index >= 15 is 0 Å². The fourth-order valence-corrected chi connectivity index (χ4v) is 2.27. The van der Waals surface area contributed by atoms with Gasteiger partial charge in [-0.3, -0.25) is 0 Å². The predicted octanol–water partition coefficient (Wildman–Crippen LogP) is 3.59. The molecule has 0 fully saturated rings. The number of benzene rings is 2. The first-order valence-electron chi connectivity index (χ1n) is 6.44. The van der Waals surface area contributed by atoms with Gasteiger partial charge in [-0.2, -0.15) is 0 Å². The maximum atomic E-state index is 5.32. The maximum absolute atomic E-state index is 5.32. The molecule has 1 aromatic heterocycles. The van der Waals surface area contributed by atoms with Gasteiger partial charge in [0, 0.05) is 6.42 Å². The topological polar surface area (TPSA) is 47.1 Å². The van der Waals surface area contributed by atoms with E-state index in [0.717, 1.165) is 40.3 Å². The van der Waals surface area contributed by atoms with Crippen molar-refractivity contribution in [2.75, 3.05) is 14.2 Å². The standard InChI is InChI=1S/C16H16N2O2.ClH/c1-19-14-8-7-11(9-15(14)20-2)10-16-17-12-5-3-4-6-13(12)18-16;/h3-9H,10H2,1-2H3,(H,17,18);1H. The number of para-hydroxylation sites is 2. The molecule has 1 N–H and O–H groups in total. The van der Waals surface area contributed by atoms with Crippen LogP contribution in [0.4, 0.5) is 0 Å². The van der Waals surface area contributed by atoms with Crippen LogP contribution < -0.4 is 9.47 Å². The molecule has 0 aliphatic carbocycles. The summed E-state index contributed by atoms with van der Waals surface area (Å²) in [5.74, 6) is 2.42. The summed E-state index contributed by atoms with van der Waals surface area (Å²) in [6.45, 7) is 0. The smallest absolute Gasteiger partial charge is 0.161 e. The summed E-state index contributed by atoms with van der Waals surface area (Å²) in [7, 11) is 3.28. The van der Waals surface area contributed by atoms with Crippen molar-refractivity contribution in [1.82, 2.24) is 9.97 Å². The van der Waals surface area contributed by atoms with Crippen LogP contribution in [0.15, 0.2) is 42.5 Å². The summed E-state index contributed by atoms with van der Waals surface area (Å²) in [6, 6.07) is 13.9. The normalized spacial score (nSPS) is 10.2. The molecule has 3 rings (SSSR count). The number of methoxy groups -OCH3 is 2. The number of ether oxygens (including phenoxy) is 2. The number of aromatic nitrogens is 2. The van der Waals surface area contributed by atoms with Crippen molar-refractivity contribution in [2.24, 2.45) is 0 Å². The molecule has 3 aromatic rings. The number of imidazole rings is 1. The third-order valence-electron chi connectivity index (χ3n) is 3.26. The maximum Gasteiger partial charge on any atom is 0.161 e. The van der Waals surface area contributed by atoms with E-state index in [9.17, 15) is 0 Å². The van der Waals surface area contributed by atoms with Gasteiger partial charge in [0.15, 0.2) is 11.5 Å². The van der Waals surface area contributed by atoms with Crippen LogP contribution in [-0.4, -0.2) is 24.2 Å². The highest BCUT2D eigenvalue weighted by atomic mass is 35.5. The minimum atomic E-state index is 0. The van der Waals surface area contributed by atoms with E-state index in [0.29, 0.717) is 0 Å². The lowest BCUT2D eigenvalue weighted by Gasteiger charge is -2.08. The first-order chi connectivity index (χ1) is 9.80. The number of hydrogen-bond donors (Lipinski definition) is 1. The van der Waals surface area contributed by atoms with Crippen LogP contribution in [0.5, 0.6) is 11.5 Å². The molecule has 0 aliphatic heterocycles. The highest BCUT2D eigenvalue weighted by Crippen LogP contribution is 2.28. The minimum absolute atomic E-state index is 0. The van der Waals surface area contributed by atoms with Crippen molar-refractivity contribution in [1.29, 1.82) is 0 Å². The highest BCUT2D eigenvalue weighted by Gasteiger charge is 2.07.